The second kappa shape index (κ2) is 5.80. The number of hydrogen-bond donors (Lipinski definition) is 2. The number of aromatic nitrogens is 2. The Morgan fingerprint density at radius 3 is 2.91 bits per heavy atom. The van der Waals surface area contributed by atoms with Crippen LogP contribution in [-0.4, -0.2) is 37.4 Å². The Hall–Kier alpha value is -2.17. The predicted octanol–water partition coefficient (Wildman–Crippen LogP) is 1.44. The van der Waals surface area contributed by atoms with Crippen LogP contribution in [0.2, 0.25) is 0 Å². The normalized spacial score (nSPS) is 12.1. The molecule has 8 nitrogen and oxygen atoms in total. The van der Waals surface area contributed by atoms with Crippen molar-refractivity contribution < 1.29 is 12.8 Å². The van der Waals surface area contributed by atoms with Gasteiger partial charge in [-0.1, -0.05) is 0 Å². The monoisotopic (exact) mass is 354 g/mol. The number of anilines is 1. The maximum atomic E-state index is 12.4. The molecule has 0 saturated carbocycles. The van der Waals surface area contributed by atoms with Gasteiger partial charge in [-0.15, -0.1) is 11.3 Å². The molecule has 0 atom stereocenters. The molecule has 122 valence electrons. The van der Waals surface area contributed by atoms with Gasteiger partial charge in [-0.3, -0.25) is 9.71 Å². The average Bonchev–Trinajstić information content (AvgIpc) is 3.01. The summed E-state index contributed by atoms with van der Waals surface area (Å²) in [4.78, 5) is 19.8. The highest BCUT2D eigenvalue weighted by molar-refractivity contribution is 7.93. The summed E-state index contributed by atoms with van der Waals surface area (Å²) in [6.07, 6.45) is 0. The van der Waals surface area contributed by atoms with E-state index in [1.807, 2.05) is 19.0 Å². The van der Waals surface area contributed by atoms with E-state index < -0.39 is 15.8 Å². The molecule has 0 unspecified atom stereocenters. The Labute approximate surface area is 135 Å². The number of fused-ring (bicyclic) bond motifs is 1. The van der Waals surface area contributed by atoms with E-state index in [9.17, 15) is 13.2 Å². The lowest BCUT2D eigenvalue weighted by atomic mass is 10.3. The van der Waals surface area contributed by atoms with E-state index in [2.05, 4.69) is 14.7 Å². The molecule has 0 saturated heterocycles. The van der Waals surface area contributed by atoms with Gasteiger partial charge < -0.3 is 9.32 Å². The third-order valence-electron chi connectivity index (χ3n) is 2.95. The number of benzene rings is 1. The maximum Gasteiger partial charge on any atom is 0.417 e. The van der Waals surface area contributed by atoms with Crippen molar-refractivity contribution in [2.75, 3.05) is 18.8 Å². The summed E-state index contributed by atoms with van der Waals surface area (Å²) in [5.74, 6) is -0.629. The Bertz CT molecular complexity index is 1000. The highest BCUT2D eigenvalue weighted by Crippen LogP contribution is 2.22. The van der Waals surface area contributed by atoms with Crippen molar-refractivity contribution in [1.29, 1.82) is 0 Å². The topological polar surface area (TPSA) is 108 Å². The minimum atomic E-state index is -3.80. The molecule has 1 aromatic carbocycles. The third-order valence-corrected chi connectivity index (χ3v) is 5.23. The van der Waals surface area contributed by atoms with E-state index in [0.29, 0.717) is 12.1 Å². The van der Waals surface area contributed by atoms with Crippen LogP contribution in [0.3, 0.4) is 0 Å². The highest BCUT2D eigenvalue weighted by Gasteiger charge is 2.18. The van der Waals surface area contributed by atoms with E-state index in [1.54, 1.807) is 5.38 Å². The van der Waals surface area contributed by atoms with Crippen molar-refractivity contribution in [3.63, 3.8) is 0 Å². The molecule has 0 radical (unpaired) electrons. The van der Waals surface area contributed by atoms with E-state index >= 15 is 0 Å². The number of nitrogens with one attached hydrogen (secondary N) is 2. The molecular formula is C13H14N4O4S2. The number of aromatic amines is 1. The highest BCUT2D eigenvalue weighted by atomic mass is 32.2. The fourth-order valence-corrected chi connectivity index (χ4v) is 3.99. The zero-order valence-electron chi connectivity index (χ0n) is 12.4. The second-order valence-corrected chi connectivity index (χ2v) is 7.70. The summed E-state index contributed by atoms with van der Waals surface area (Å²) in [6, 6.07) is 4.17. The number of rotatable bonds is 5. The zero-order valence-corrected chi connectivity index (χ0v) is 14.0. The Morgan fingerprint density at radius 2 is 2.17 bits per heavy atom. The van der Waals surface area contributed by atoms with Crippen molar-refractivity contribution in [2.24, 2.45) is 0 Å². The Balaban J connectivity index is 1.87. The molecule has 0 aliphatic heterocycles. The summed E-state index contributed by atoms with van der Waals surface area (Å²) in [7, 11) is 0.00934. The van der Waals surface area contributed by atoms with Gasteiger partial charge in [0.2, 0.25) is 0 Å². The molecule has 2 N–H and O–H groups in total. The Morgan fingerprint density at radius 1 is 1.39 bits per heavy atom. The number of H-pyrrole nitrogens is 1. The largest absolute Gasteiger partial charge is 0.417 e. The lowest BCUT2D eigenvalue weighted by Gasteiger charge is -2.06. The molecule has 0 spiro atoms. The van der Waals surface area contributed by atoms with E-state index in [1.165, 1.54) is 29.5 Å². The summed E-state index contributed by atoms with van der Waals surface area (Å²) < 4.78 is 32.1. The van der Waals surface area contributed by atoms with E-state index in [0.717, 1.165) is 5.69 Å². The number of hydrogen-bond acceptors (Lipinski definition) is 7. The first-order valence-electron chi connectivity index (χ1n) is 6.58. The molecule has 2 heterocycles. The summed E-state index contributed by atoms with van der Waals surface area (Å²) in [5, 5.41) is 2.09. The molecule has 2 aromatic heterocycles. The summed E-state index contributed by atoms with van der Waals surface area (Å²) in [6.45, 7) is 0.624. The first kappa shape index (κ1) is 15.7. The van der Waals surface area contributed by atoms with Gasteiger partial charge in [-0.25, -0.2) is 18.2 Å². The minimum absolute atomic E-state index is 0.00268. The van der Waals surface area contributed by atoms with Gasteiger partial charge >= 0.3 is 5.76 Å². The summed E-state index contributed by atoms with van der Waals surface area (Å²) >= 11 is 1.21. The van der Waals surface area contributed by atoms with Gasteiger partial charge in [0.05, 0.1) is 16.1 Å². The quantitative estimate of drug-likeness (QED) is 0.718. The number of oxazole rings is 1. The van der Waals surface area contributed by atoms with E-state index in [-0.39, 0.29) is 15.6 Å². The van der Waals surface area contributed by atoms with Crippen molar-refractivity contribution in [2.45, 2.75) is 11.4 Å². The number of sulfonamides is 1. The first-order chi connectivity index (χ1) is 10.8. The van der Waals surface area contributed by atoms with Gasteiger partial charge in [0.25, 0.3) is 10.0 Å². The molecule has 0 fully saturated rings. The van der Waals surface area contributed by atoms with Gasteiger partial charge in [0.1, 0.15) is 0 Å². The average molecular weight is 354 g/mol. The van der Waals surface area contributed by atoms with Gasteiger partial charge in [0, 0.05) is 18.0 Å². The molecule has 0 aliphatic carbocycles. The molecule has 0 bridgehead atoms. The molecular weight excluding hydrogens is 340 g/mol. The summed E-state index contributed by atoms with van der Waals surface area (Å²) in [5.41, 5.74) is 1.41. The first-order valence-corrected chi connectivity index (χ1v) is 8.94. The van der Waals surface area contributed by atoms with Crippen molar-refractivity contribution in [3.8, 4) is 0 Å². The SMILES string of the molecule is CN(C)Cc1csc(NS(=O)(=O)c2ccc3[nH]c(=O)oc3c2)n1. The Kier molecular flexibility index (Phi) is 3.96. The van der Waals surface area contributed by atoms with Crippen molar-refractivity contribution in [3.05, 3.63) is 39.8 Å². The van der Waals surface area contributed by atoms with Crippen molar-refractivity contribution in [1.82, 2.24) is 14.9 Å². The standard InChI is InChI=1S/C13H14N4O4S2/c1-17(2)6-8-7-22-12(14-8)16-23(19,20)9-3-4-10-11(5-9)21-13(18)15-10/h3-5,7H,6H2,1-2H3,(H,14,16)(H,15,18). The molecule has 3 rings (SSSR count). The number of thiazole rings is 1. The van der Waals surface area contributed by atoms with Crippen LogP contribution in [0.1, 0.15) is 5.69 Å². The molecule has 23 heavy (non-hydrogen) atoms. The fraction of sp³-hybridized carbons (Fsp3) is 0.231. The smallest absolute Gasteiger partial charge is 0.408 e. The van der Waals surface area contributed by atoms with Crippen LogP contribution in [-0.2, 0) is 16.6 Å². The van der Waals surface area contributed by atoms with Gasteiger partial charge in [-0.05, 0) is 26.2 Å². The molecule has 3 aromatic rings. The zero-order chi connectivity index (χ0) is 16.6. The number of nitrogens with zero attached hydrogens (tertiary/aromatic N) is 2. The third kappa shape index (κ3) is 3.44. The lowest BCUT2D eigenvalue weighted by Crippen LogP contribution is -2.13. The van der Waals surface area contributed by atoms with Crippen LogP contribution in [0.15, 0.2) is 37.7 Å². The van der Waals surface area contributed by atoms with Crippen LogP contribution in [0.4, 0.5) is 5.13 Å². The molecule has 0 aliphatic rings. The van der Waals surface area contributed by atoms with Gasteiger partial charge in [-0.2, -0.15) is 0 Å². The molecule has 0 amide bonds. The van der Waals surface area contributed by atoms with Crippen molar-refractivity contribution >= 4 is 37.6 Å². The van der Waals surface area contributed by atoms with E-state index in [4.69, 9.17) is 4.42 Å². The lowest BCUT2D eigenvalue weighted by molar-refractivity contribution is 0.398. The predicted molar refractivity (Wildman–Crippen MR) is 87.1 cm³/mol. The minimum Gasteiger partial charge on any atom is -0.408 e. The second-order valence-electron chi connectivity index (χ2n) is 5.16. The van der Waals surface area contributed by atoms with Crippen LogP contribution in [0.5, 0.6) is 0 Å². The van der Waals surface area contributed by atoms with Gasteiger partial charge in [0.15, 0.2) is 10.7 Å². The van der Waals surface area contributed by atoms with Crippen LogP contribution < -0.4 is 10.5 Å². The van der Waals surface area contributed by atoms with Crippen LogP contribution in [0, 0.1) is 0 Å². The van der Waals surface area contributed by atoms with Crippen LogP contribution in [0.25, 0.3) is 11.1 Å². The molecule has 10 heteroatoms. The fourth-order valence-electron chi connectivity index (χ4n) is 2.02. The maximum absolute atomic E-state index is 12.4. The van der Waals surface area contributed by atoms with Crippen LogP contribution >= 0.6 is 11.3 Å².